The molecule has 1 amide bonds. The molecule has 0 aliphatic heterocycles. The number of aryl methyl sites for hydroxylation is 1. The minimum Gasteiger partial charge on any atom is -0.478 e. The van der Waals surface area contributed by atoms with Crippen molar-refractivity contribution >= 4 is 11.9 Å². The van der Waals surface area contributed by atoms with Crippen LogP contribution < -0.4 is 5.32 Å². The van der Waals surface area contributed by atoms with Crippen molar-refractivity contribution < 1.29 is 14.7 Å². The van der Waals surface area contributed by atoms with Crippen molar-refractivity contribution in [3.8, 4) is 0 Å². The van der Waals surface area contributed by atoms with Crippen LogP contribution in [0.4, 0.5) is 0 Å². The Hall–Kier alpha value is -1.84. The van der Waals surface area contributed by atoms with Gasteiger partial charge in [-0.05, 0) is 36.3 Å². The molecule has 114 valence electrons. The molecule has 2 rings (SSSR count). The highest BCUT2D eigenvalue weighted by atomic mass is 16.4. The molecule has 2 N–H and O–H groups in total. The van der Waals surface area contributed by atoms with Crippen molar-refractivity contribution in [2.75, 3.05) is 0 Å². The van der Waals surface area contributed by atoms with Crippen LogP contribution in [-0.4, -0.2) is 23.0 Å². The van der Waals surface area contributed by atoms with Crippen molar-refractivity contribution in [3.63, 3.8) is 0 Å². The lowest BCUT2D eigenvalue weighted by atomic mass is 9.87. The van der Waals surface area contributed by atoms with Gasteiger partial charge >= 0.3 is 5.97 Å². The SMILES string of the molecule is CC1(C)CCCC1NC(=O)CCc1ccccc1C(=O)O. The summed E-state index contributed by atoms with van der Waals surface area (Å²) in [7, 11) is 0. The molecule has 0 bridgehead atoms. The lowest BCUT2D eigenvalue weighted by molar-refractivity contribution is -0.122. The van der Waals surface area contributed by atoms with E-state index in [2.05, 4.69) is 19.2 Å². The Morgan fingerprint density at radius 2 is 2.05 bits per heavy atom. The number of carbonyl (C=O) groups excluding carboxylic acids is 1. The Kier molecular flexibility index (Phi) is 4.66. The highest BCUT2D eigenvalue weighted by Crippen LogP contribution is 2.37. The maximum atomic E-state index is 12.1. The zero-order chi connectivity index (χ0) is 15.5. The summed E-state index contributed by atoms with van der Waals surface area (Å²) in [5.41, 5.74) is 1.16. The molecule has 0 aromatic heterocycles. The molecule has 0 radical (unpaired) electrons. The first-order chi connectivity index (χ1) is 9.90. The number of hydrogen-bond acceptors (Lipinski definition) is 2. The number of carboxylic acids is 1. The average Bonchev–Trinajstić information content (AvgIpc) is 2.76. The summed E-state index contributed by atoms with van der Waals surface area (Å²) in [4.78, 5) is 23.2. The van der Waals surface area contributed by atoms with Gasteiger partial charge in [-0.25, -0.2) is 4.79 Å². The van der Waals surface area contributed by atoms with Gasteiger partial charge in [0.15, 0.2) is 0 Å². The van der Waals surface area contributed by atoms with Gasteiger partial charge in [0, 0.05) is 12.5 Å². The second-order valence-corrected chi connectivity index (χ2v) is 6.46. The molecular weight excluding hydrogens is 266 g/mol. The molecule has 1 aliphatic rings. The second-order valence-electron chi connectivity index (χ2n) is 6.46. The van der Waals surface area contributed by atoms with E-state index in [0.717, 1.165) is 19.3 Å². The maximum Gasteiger partial charge on any atom is 0.335 e. The van der Waals surface area contributed by atoms with Crippen LogP contribution in [0, 0.1) is 5.41 Å². The van der Waals surface area contributed by atoms with Gasteiger partial charge in [-0.3, -0.25) is 4.79 Å². The van der Waals surface area contributed by atoms with Crippen LogP contribution in [0.15, 0.2) is 24.3 Å². The van der Waals surface area contributed by atoms with E-state index in [1.807, 2.05) is 0 Å². The summed E-state index contributed by atoms with van der Waals surface area (Å²) in [6.07, 6.45) is 4.11. The fraction of sp³-hybridized carbons (Fsp3) is 0.529. The minimum atomic E-state index is -0.942. The van der Waals surface area contributed by atoms with Crippen molar-refractivity contribution in [3.05, 3.63) is 35.4 Å². The van der Waals surface area contributed by atoms with E-state index in [0.29, 0.717) is 18.4 Å². The fourth-order valence-corrected chi connectivity index (χ4v) is 3.06. The number of hydrogen-bond donors (Lipinski definition) is 2. The quantitative estimate of drug-likeness (QED) is 0.875. The largest absolute Gasteiger partial charge is 0.478 e. The Morgan fingerprint density at radius 1 is 1.33 bits per heavy atom. The van der Waals surface area contributed by atoms with E-state index in [4.69, 9.17) is 5.11 Å². The first kappa shape index (κ1) is 15.5. The first-order valence-corrected chi connectivity index (χ1v) is 7.51. The van der Waals surface area contributed by atoms with Crippen molar-refractivity contribution in [2.24, 2.45) is 5.41 Å². The molecule has 1 atom stereocenters. The predicted octanol–water partition coefficient (Wildman–Crippen LogP) is 3.01. The van der Waals surface area contributed by atoms with Gasteiger partial charge in [0.25, 0.3) is 0 Å². The highest BCUT2D eigenvalue weighted by molar-refractivity contribution is 5.89. The van der Waals surface area contributed by atoms with Crippen LogP contribution in [0.5, 0.6) is 0 Å². The summed E-state index contributed by atoms with van der Waals surface area (Å²) in [6, 6.07) is 7.10. The summed E-state index contributed by atoms with van der Waals surface area (Å²) >= 11 is 0. The van der Waals surface area contributed by atoms with Gasteiger partial charge in [0.2, 0.25) is 5.91 Å². The number of carboxylic acid groups (broad SMARTS) is 1. The van der Waals surface area contributed by atoms with Crippen molar-refractivity contribution in [1.29, 1.82) is 0 Å². The van der Waals surface area contributed by atoms with Gasteiger partial charge in [0.05, 0.1) is 5.56 Å². The van der Waals surface area contributed by atoms with Gasteiger partial charge in [0.1, 0.15) is 0 Å². The predicted molar refractivity (Wildman–Crippen MR) is 81.3 cm³/mol. The Balaban J connectivity index is 1.91. The van der Waals surface area contributed by atoms with Crippen LogP contribution in [0.3, 0.4) is 0 Å². The smallest absolute Gasteiger partial charge is 0.335 e. The summed E-state index contributed by atoms with van der Waals surface area (Å²) < 4.78 is 0. The number of aromatic carboxylic acids is 1. The van der Waals surface area contributed by atoms with E-state index in [1.165, 1.54) is 0 Å². The van der Waals surface area contributed by atoms with Crippen LogP contribution in [0.25, 0.3) is 0 Å². The molecular formula is C17H23NO3. The molecule has 4 nitrogen and oxygen atoms in total. The van der Waals surface area contributed by atoms with Gasteiger partial charge in [-0.15, -0.1) is 0 Å². The van der Waals surface area contributed by atoms with Gasteiger partial charge in [-0.2, -0.15) is 0 Å². The molecule has 1 aliphatic carbocycles. The third kappa shape index (κ3) is 3.84. The maximum absolute atomic E-state index is 12.1. The van der Waals surface area contributed by atoms with E-state index >= 15 is 0 Å². The van der Waals surface area contributed by atoms with Crippen molar-refractivity contribution in [1.82, 2.24) is 5.32 Å². The Labute approximate surface area is 125 Å². The normalized spacial score (nSPS) is 20.2. The van der Waals surface area contributed by atoms with Gasteiger partial charge in [-0.1, -0.05) is 38.5 Å². The lowest BCUT2D eigenvalue weighted by Gasteiger charge is -2.27. The Bertz CT molecular complexity index is 537. The van der Waals surface area contributed by atoms with E-state index in [1.54, 1.807) is 24.3 Å². The minimum absolute atomic E-state index is 0.00941. The number of amides is 1. The van der Waals surface area contributed by atoms with Gasteiger partial charge < -0.3 is 10.4 Å². The molecule has 0 spiro atoms. The standard InChI is InChI=1S/C17H23NO3/c1-17(2)11-5-8-14(17)18-15(19)10-9-12-6-3-4-7-13(12)16(20)21/h3-4,6-7,14H,5,8-11H2,1-2H3,(H,18,19)(H,20,21). The molecule has 0 heterocycles. The molecule has 1 aromatic carbocycles. The molecule has 1 unspecified atom stereocenters. The first-order valence-electron chi connectivity index (χ1n) is 7.51. The number of benzene rings is 1. The summed E-state index contributed by atoms with van der Waals surface area (Å²) in [5, 5.41) is 12.2. The molecule has 1 aromatic rings. The zero-order valence-electron chi connectivity index (χ0n) is 12.7. The summed E-state index contributed by atoms with van der Waals surface area (Å²) in [5.74, 6) is -0.932. The molecule has 0 saturated heterocycles. The van der Waals surface area contributed by atoms with Crippen LogP contribution in [0.1, 0.15) is 55.5 Å². The molecule has 4 heteroatoms. The number of nitrogens with one attached hydrogen (secondary N) is 1. The third-order valence-corrected chi connectivity index (χ3v) is 4.46. The molecule has 21 heavy (non-hydrogen) atoms. The molecule has 1 saturated carbocycles. The number of carbonyl (C=O) groups is 2. The highest BCUT2D eigenvalue weighted by Gasteiger charge is 2.35. The second kappa shape index (κ2) is 6.29. The van der Waals surface area contributed by atoms with Crippen molar-refractivity contribution in [2.45, 2.75) is 52.0 Å². The topological polar surface area (TPSA) is 66.4 Å². The Morgan fingerprint density at radius 3 is 2.67 bits per heavy atom. The van der Waals surface area contributed by atoms with Crippen LogP contribution in [0.2, 0.25) is 0 Å². The zero-order valence-corrected chi connectivity index (χ0v) is 12.7. The van der Waals surface area contributed by atoms with Crippen LogP contribution >= 0.6 is 0 Å². The number of rotatable bonds is 5. The van der Waals surface area contributed by atoms with E-state index in [9.17, 15) is 9.59 Å². The molecule has 1 fully saturated rings. The average molecular weight is 289 g/mol. The third-order valence-electron chi connectivity index (χ3n) is 4.46. The van der Waals surface area contributed by atoms with E-state index < -0.39 is 5.97 Å². The fourth-order valence-electron chi connectivity index (χ4n) is 3.06. The summed E-state index contributed by atoms with van der Waals surface area (Å²) in [6.45, 7) is 4.37. The van der Waals surface area contributed by atoms with Crippen LogP contribution in [-0.2, 0) is 11.2 Å². The monoisotopic (exact) mass is 289 g/mol. The lowest BCUT2D eigenvalue weighted by Crippen LogP contribution is -2.41. The van der Waals surface area contributed by atoms with E-state index in [-0.39, 0.29) is 22.9 Å².